The lowest BCUT2D eigenvalue weighted by molar-refractivity contribution is 0.524. The van der Waals surface area contributed by atoms with E-state index in [1.807, 2.05) is 55.5 Å². The molecule has 2 rings (SSSR count). The molecule has 4 nitrogen and oxygen atoms in total. The van der Waals surface area contributed by atoms with Crippen molar-refractivity contribution in [2.45, 2.75) is 33.1 Å². The number of aryl methyl sites for hydroxylation is 1. The molecule has 0 spiro atoms. The van der Waals surface area contributed by atoms with E-state index in [0.29, 0.717) is 15.2 Å². The Labute approximate surface area is 119 Å². The zero-order valence-electron chi connectivity index (χ0n) is 10.6. The number of aromatic nitrogens is 2. The molecule has 0 atom stereocenters. The van der Waals surface area contributed by atoms with E-state index in [0.717, 1.165) is 17.9 Å². The Morgan fingerprint density at radius 3 is 2.72 bits per heavy atom. The monoisotopic (exact) mass is 358 g/mol. The first-order chi connectivity index (χ1) is 8.52. The molecule has 0 saturated heterocycles. The molecule has 18 heavy (non-hydrogen) atoms. The third-order valence-electron chi connectivity index (χ3n) is 2.68. The van der Waals surface area contributed by atoms with Gasteiger partial charge in [0.1, 0.15) is 5.76 Å². The van der Waals surface area contributed by atoms with Gasteiger partial charge in [0.05, 0.1) is 9.26 Å². The minimum atomic E-state index is -0.112. The predicted molar refractivity (Wildman–Crippen MR) is 78.7 cm³/mol. The normalized spacial score (nSPS) is 11.2. The van der Waals surface area contributed by atoms with Crippen LogP contribution in [-0.4, -0.2) is 9.97 Å². The Balaban J connectivity index is 2.55. The maximum Gasteiger partial charge on any atom is 0.264 e. The fourth-order valence-corrected chi connectivity index (χ4v) is 2.55. The lowest BCUT2D eigenvalue weighted by Gasteiger charge is -2.07. The van der Waals surface area contributed by atoms with Crippen molar-refractivity contribution in [3.63, 3.8) is 0 Å². The quantitative estimate of drug-likeness (QED) is 0.857. The van der Waals surface area contributed by atoms with E-state index in [2.05, 4.69) is 9.97 Å². The van der Waals surface area contributed by atoms with Crippen LogP contribution in [0.4, 0.5) is 0 Å². The van der Waals surface area contributed by atoms with Gasteiger partial charge < -0.3 is 9.40 Å². The third kappa shape index (κ3) is 2.50. The molecule has 5 heteroatoms. The molecule has 0 amide bonds. The average molecular weight is 358 g/mol. The van der Waals surface area contributed by atoms with Crippen molar-refractivity contribution in [3.05, 3.63) is 37.5 Å². The maximum atomic E-state index is 11.9. The van der Waals surface area contributed by atoms with Gasteiger partial charge in [-0.25, -0.2) is 4.98 Å². The highest BCUT2D eigenvalue weighted by atomic mass is 127. The van der Waals surface area contributed by atoms with Gasteiger partial charge in [-0.1, -0.05) is 20.8 Å². The van der Waals surface area contributed by atoms with E-state index in [-0.39, 0.29) is 11.5 Å². The zero-order valence-corrected chi connectivity index (χ0v) is 12.7. The Morgan fingerprint density at radius 1 is 1.44 bits per heavy atom. The van der Waals surface area contributed by atoms with E-state index in [4.69, 9.17) is 4.42 Å². The molecule has 0 aliphatic rings. The first-order valence-corrected chi connectivity index (χ1v) is 6.99. The number of halogens is 1. The molecule has 96 valence electrons. The Hall–Kier alpha value is -1.11. The van der Waals surface area contributed by atoms with Crippen molar-refractivity contribution in [2.24, 2.45) is 0 Å². The Kier molecular flexibility index (Phi) is 3.89. The van der Waals surface area contributed by atoms with Crippen LogP contribution in [0.15, 0.2) is 21.3 Å². The number of hydrogen-bond acceptors (Lipinski definition) is 3. The third-order valence-corrected chi connectivity index (χ3v) is 3.72. The lowest BCUT2D eigenvalue weighted by Crippen LogP contribution is -2.17. The first kappa shape index (κ1) is 13.3. The van der Waals surface area contributed by atoms with Crippen LogP contribution in [0, 0.1) is 3.57 Å². The molecule has 2 aromatic rings. The molecule has 0 radical (unpaired) electrons. The largest absolute Gasteiger partial charge is 0.458 e. The SMILES string of the molecule is CCc1ccc(-c2nc(C(C)C)c(I)c(=O)[nH]2)o1. The number of nitrogens with zero attached hydrogens (tertiary/aromatic N) is 1. The van der Waals surface area contributed by atoms with Gasteiger partial charge in [-0.05, 0) is 40.6 Å². The van der Waals surface area contributed by atoms with Crippen LogP contribution in [0.1, 0.15) is 38.1 Å². The molecular weight excluding hydrogens is 343 g/mol. The van der Waals surface area contributed by atoms with Crippen molar-refractivity contribution >= 4 is 22.6 Å². The highest BCUT2D eigenvalue weighted by molar-refractivity contribution is 14.1. The summed E-state index contributed by atoms with van der Waals surface area (Å²) in [6.45, 7) is 6.06. The molecule has 0 aromatic carbocycles. The van der Waals surface area contributed by atoms with E-state index >= 15 is 0 Å². The van der Waals surface area contributed by atoms with Gasteiger partial charge in [-0.15, -0.1) is 0 Å². The Morgan fingerprint density at radius 2 is 2.17 bits per heavy atom. The molecule has 0 bridgehead atoms. The van der Waals surface area contributed by atoms with Crippen LogP contribution in [-0.2, 0) is 6.42 Å². The Bertz CT molecular complexity index is 614. The highest BCUT2D eigenvalue weighted by Gasteiger charge is 2.14. The van der Waals surface area contributed by atoms with E-state index in [1.54, 1.807) is 0 Å². The summed E-state index contributed by atoms with van der Waals surface area (Å²) in [6.07, 6.45) is 0.825. The topological polar surface area (TPSA) is 58.9 Å². The molecule has 0 aliphatic carbocycles. The van der Waals surface area contributed by atoms with Crippen molar-refractivity contribution in [3.8, 4) is 11.6 Å². The number of rotatable bonds is 3. The average Bonchev–Trinajstić information content (AvgIpc) is 2.80. The van der Waals surface area contributed by atoms with Crippen molar-refractivity contribution in [2.75, 3.05) is 0 Å². The summed E-state index contributed by atoms with van der Waals surface area (Å²) < 4.78 is 6.26. The minimum Gasteiger partial charge on any atom is -0.458 e. The van der Waals surface area contributed by atoms with Gasteiger partial charge in [0.15, 0.2) is 11.6 Å². The maximum absolute atomic E-state index is 11.9. The number of furan rings is 1. The van der Waals surface area contributed by atoms with Gasteiger partial charge in [-0.3, -0.25) is 4.79 Å². The summed E-state index contributed by atoms with van der Waals surface area (Å²) in [5, 5.41) is 0. The fraction of sp³-hybridized carbons (Fsp3) is 0.385. The van der Waals surface area contributed by atoms with Gasteiger partial charge in [0.25, 0.3) is 5.56 Å². The molecule has 0 fully saturated rings. The van der Waals surface area contributed by atoms with Crippen LogP contribution < -0.4 is 5.56 Å². The summed E-state index contributed by atoms with van der Waals surface area (Å²) in [6, 6.07) is 3.75. The predicted octanol–water partition coefficient (Wildman–Crippen LogP) is 3.32. The van der Waals surface area contributed by atoms with Crippen molar-refractivity contribution < 1.29 is 4.42 Å². The summed E-state index contributed by atoms with van der Waals surface area (Å²) in [5.41, 5.74) is 0.697. The number of H-pyrrole nitrogens is 1. The first-order valence-electron chi connectivity index (χ1n) is 5.91. The molecule has 2 heterocycles. The molecule has 2 aromatic heterocycles. The van der Waals surface area contributed by atoms with Crippen molar-refractivity contribution in [1.29, 1.82) is 0 Å². The fourth-order valence-electron chi connectivity index (χ4n) is 1.67. The number of hydrogen-bond donors (Lipinski definition) is 1. The minimum absolute atomic E-state index is 0.112. The summed E-state index contributed by atoms with van der Waals surface area (Å²) in [5.74, 6) is 2.21. The molecule has 0 aliphatic heterocycles. The van der Waals surface area contributed by atoms with Crippen LogP contribution in [0.5, 0.6) is 0 Å². The van der Waals surface area contributed by atoms with Gasteiger partial charge in [-0.2, -0.15) is 0 Å². The molecule has 0 unspecified atom stereocenters. The zero-order chi connectivity index (χ0) is 13.3. The van der Waals surface area contributed by atoms with Crippen LogP contribution in [0.3, 0.4) is 0 Å². The number of aromatic amines is 1. The summed E-state index contributed by atoms with van der Waals surface area (Å²) in [4.78, 5) is 19.1. The lowest BCUT2D eigenvalue weighted by atomic mass is 10.1. The van der Waals surface area contributed by atoms with E-state index < -0.39 is 0 Å². The van der Waals surface area contributed by atoms with Crippen LogP contribution in [0.25, 0.3) is 11.6 Å². The van der Waals surface area contributed by atoms with Gasteiger partial charge >= 0.3 is 0 Å². The highest BCUT2D eigenvalue weighted by Crippen LogP contribution is 2.22. The van der Waals surface area contributed by atoms with E-state index in [9.17, 15) is 4.79 Å². The molecular formula is C13H15IN2O2. The smallest absolute Gasteiger partial charge is 0.264 e. The standard InChI is InChI=1S/C13H15IN2O2/c1-4-8-5-6-9(18-8)12-15-11(7(2)3)10(14)13(17)16-12/h5-7H,4H2,1-3H3,(H,15,16,17). The molecule has 0 saturated carbocycles. The molecule has 1 N–H and O–H groups in total. The van der Waals surface area contributed by atoms with Crippen LogP contribution >= 0.6 is 22.6 Å². The summed E-state index contributed by atoms with van der Waals surface area (Å²) >= 11 is 2.03. The second-order valence-electron chi connectivity index (χ2n) is 4.39. The second kappa shape index (κ2) is 5.26. The second-order valence-corrected chi connectivity index (χ2v) is 5.47. The van der Waals surface area contributed by atoms with Crippen LogP contribution in [0.2, 0.25) is 0 Å². The van der Waals surface area contributed by atoms with Crippen molar-refractivity contribution in [1.82, 2.24) is 9.97 Å². The number of nitrogens with one attached hydrogen (secondary N) is 1. The van der Waals surface area contributed by atoms with Gasteiger partial charge in [0.2, 0.25) is 0 Å². The van der Waals surface area contributed by atoms with E-state index in [1.165, 1.54) is 0 Å². The van der Waals surface area contributed by atoms with Gasteiger partial charge in [0, 0.05) is 6.42 Å². The summed E-state index contributed by atoms with van der Waals surface area (Å²) in [7, 11) is 0.